The molecule has 1 rings (SSSR count). The minimum atomic E-state index is -0.657. The summed E-state index contributed by atoms with van der Waals surface area (Å²) in [4.78, 5) is 16.2. The van der Waals surface area contributed by atoms with Crippen LogP contribution in [0.25, 0.3) is 0 Å². The molecule has 2 atom stereocenters. The fourth-order valence-electron chi connectivity index (χ4n) is 2.15. The van der Waals surface area contributed by atoms with Crippen molar-refractivity contribution < 1.29 is 9.53 Å². The van der Waals surface area contributed by atoms with E-state index < -0.39 is 5.54 Å². The van der Waals surface area contributed by atoms with Gasteiger partial charge < -0.3 is 14.6 Å². The smallest absolute Gasteiger partial charge is 0.326 e. The van der Waals surface area contributed by atoms with Crippen molar-refractivity contribution in [2.45, 2.75) is 52.1 Å². The molecular formula is C14H25N3O2. The van der Waals surface area contributed by atoms with Crippen molar-refractivity contribution in [2.75, 3.05) is 13.2 Å². The third-order valence-corrected chi connectivity index (χ3v) is 3.23. The second-order valence-corrected chi connectivity index (χ2v) is 5.04. The van der Waals surface area contributed by atoms with Crippen LogP contribution in [0.1, 0.15) is 46.6 Å². The van der Waals surface area contributed by atoms with Gasteiger partial charge in [0.15, 0.2) is 0 Å². The largest absolute Gasteiger partial charge is 0.465 e. The molecule has 0 saturated heterocycles. The molecule has 1 heterocycles. The maximum atomic E-state index is 12.2. The fraction of sp³-hybridized carbons (Fsp3) is 0.714. The standard InChI is InChI=1S/C14H25N3O2/c1-5-7-16-14(4,13(18)19-6-2)10-12(3)17-9-8-15-11-17/h8-9,11-12,16H,5-7,10H2,1-4H3. The zero-order chi connectivity index (χ0) is 14.3. The van der Waals surface area contributed by atoms with E-state index in [-0.39, 0.29) is 12.0 Å². The van der Waals surface area contributed by atoms with E-state index in [1.807, 2.05) is 24.6 Å². The first-order chi connectivity index (χ1) is 9.03. The van der Waals surface area contributed by atoms with Crippen LogP contribution in [0.15, 0.2) is 18.7 Å². The van der Waals surface area contributed by atoms with Gasteiger partial charge in [0.2, 0.25) is 0 Å². The average Bonchev–Trinajstić information content (AvgIpc) is 2.90. The Bertz CT molecular complexity index is 378. The van der Waals surface area contributed by atoms with Crippen LogP contribution in [-0.4, -0.2) is 34.2 Å². The van der Waals surface area contributed by atoms with Crippen LogP contribution in [0.4, 0.5) is 0 Å². The predicted molar refractivity (Wildman–Crippen MR) is 74.9 cm³/mol. The SMILES string of the molecule is CCCNC(C)(CC(C)n1ccnc1)C(=O)OCC. The van der Waals surface area contributed by atoms with Gasteiger partial charge in [-0.2, -0.15) is 0 Å². The van der Waals surface area contributed by atoms with Crippen molar-refractivity contribution >= 4 is 5.97 Å². The highest BCUT2D eigenvalue weighted by molar-refractivity contribution is 5.80. The molecule has 0 bridgehead atoms. The number of carbonyl (C=O) groups is 1. The quantitative estimate of drug-likeness (QED) is 0.733. The van der Waals surface area contributed by atoms with E-state index in [0.29, 0.717) is 13.0 Å². The summed E-state index contributed by atoms with van der Waals surface area (Å²) >= 11 is 0. The summed E-state index contributed by atoms with van der Waals surface area (Å²) in [6.45, 7) is 9.10. The summed E-state index contributed by atoms with van der Waals surface area (Å²) in [5.41, 5.74) is -0.657. The number of carbonyl (C=O) groups excluding carboxylic acids is 1. The van der Waals surface area contributed by atoms with Crippen LogP contribution in [0.2, 0.25) is 0 Å². The van der Waals surface area contributed by atoms with Gasteiger partial charge in [-0.3, -0.25) is 4.79 Å². The highest BCUT2D eigenvalue weighted by Gasteiger charge is 2.35. The van der Waals surface area contributed by atoms with Crippen LogP contribution in [0, 0.1) is 0 Å². The number of imidazole rings is 1. The summed E-state index contributed by atoms with van der Waals surface area (Å²) in [6.07, 6.45) is 7.08. The number of aromatic nitrogens is 2. The van der Waals surface area contributed by atoms with Crippen molar-refractivity contribution in [3.63, 3.8) is 0 Å². The van der Waals surface area contributed by atoms with Gasteiger partial charge in [-0.1, -0.05) is 6.92 Å². The molecule has 0 fully saturated rings. The van der Waals surface area contributed by atoms with Crippen LogP contribution in [0.5, 0.6) is 0 Å². The maximum absolute atomic E-state index is 12.2. The Hall–Kier alpha value is -1.36. The Morgan fingerprint density at radius 2 is 2.26 bits per heavy atom. The first-order valence-electron chi connectivity index (χ1n) is 6.93. The third kappa shape index (κ3) is 4.35. The molecule has 108 valence electrons. The van der Waals surface area contributed by atoms with E-state index in [4.69, 9.17) is 4.74 Å². The topological polar surface area (TPSA) is 56.2 Å². The molecule has 1 aromatic heterocycles. The van der Waals surface area contributed by atoms with Gasteiger partial charge >= 0.3 is 5.97 Å². The molecule has 0 aromatic carbocycles. The molecule has 1 aromatic rings. The molecule has 5 nitrogen and oxygen atoms in total. The van der Waals surface area contributed by atoms with Crippen LogP contribution < -0.4 is 5.32 Å². The molecule has 19 heavy (non-hydrogen) atoms. The summed E-state index contributed by atoms with van der Waals surface area (Å²) in [6, 6.07) is 0.182. The lowest BCUT2D eigenvalue weighted by atomic mass is 9.93. The van der Waals surface area contributed by atoms with Gasteiger partial charge in [0.1, 0.15) is 5.54 Å². The van der Waals surface area contributed by atoms with Gasteiger partial charge in [-0.25, -0.2) is 4.98 Å². The summed E-state index contributed by atoms with van der Waals surface area (Å²) in [5.74, 6) is -0.185. The Morgan fingerprint density at radius 1 is 1.53 bits per heavy atom. The maximum Gasteiger partial charge on any atom is 0.326 e. The number of esters is 1. The molecule has 0 saturated carbocycles. The summed E-state index contributed by atoms with van der Waals surface area (Å²) in [5, 5.41) is 3.31. The monoisotopic (exact) mass is 267 g/mol. The second kappa shape index (κ2) is 7.28. The lowest BCUT2D eigenvalue weighted by molar-refractivity contribution is -0.151. The van der Waals surface area contributed by atoms with E-state index in [0.717, 1.165) is 13.0 Å². The van der Waals surface area contributed by atoms with Crippen molar-refractivity contribution in [3.05, 3.63) is 18.7 Å². The number of hydrogen-bond acceptors (Lipinski definition) is 4. The van der Waals surface area contributed by atoms with Crippen molar-refractivity contribution in [3.8, 4) is 0 Å². The first kappa shape index (κ1) is 15.7. The molecule has 0 spiro atoms. The zero-order valence-corrected chi connectivity index (χ0v) is 12.3. The number of hydrogen-bond donors (Lipinski definition) is 1. The summed E-state index contributed by atoms with van der Waals surface area (Å²) in [7, 11) is 0. The van der Waals surface area contributed by atoms with E-state index in [2.05, 4.69) is 24.1 Å². The van der Waals surface area contributed by atoms with Crippen molar-refractivity contribution in [1.29, 1.82) is 0 Å². The highest BCUT2D eigenvalue weighted by Crippen LogP contribution is 2.22. The minimum Gasteiger partial charge on any atom is -0.465 e. The highest BCUT2D eigenvalue weighted by atomic mass is 16.5. The third-order valence-electron chi connectivity index (χ3n) is 3.23. The molecule has 0 aliphatic rings. The molecular weight excluding hydrogens is 242 g/mol. The first-order valence-corrected chi connectivity index (χ1v) is 6.93. The molecule has 0 amide bonds. The molecule has 0 aliphatic heterocycles. The number of nitrogens with one attached hydrogen (secondary N) is 1. The van der Waals surface area contributed by atoms with Gasteiger partial charge in [-0.05, 0) is 40.2 Å². The van der Waals surface area contributed by atoms with Gasteiger partial charge in [-0.15, -0.1) is 0 Å². The normalized spacial score (nSPS) is 15.8. The van der Waals surface area contributed by atoms with Crippen molar-refractivity contribution in [2.24, 2.45) is 0 Å². The van der Waals surface area contributed by atoms with Crippen LogP contribution >= 0.6 is 0 Å². The van der Waals surface area contributed by atoms with E-state index in [9.17, 15) is 4.79 Å². The second-order valence-electron chi connectivity index (χ2n) is 5.04. The van der Waals surface area contributed by atoms with Crippen LogP contribution in [0.3, 0.4) is 0 Å². The van der Waals surface area contributed by atoms with Gasteiger partial charge in [0.25, 0.3) is 0 Å². The van der Waals surface area contributed by atoms with Gasteiger partial charge in [0, 0.05) is 18.4 Å². The molecule has 2 unspecified atom stereocenters. The fourth-order valence-corrected chi connectivity index (χ4v) is 2.15. The molecule has 0 aliphatic carbocycles. The Morgan fingerprint density at radius 3 is 2.79 bits per heavy atom. The summed E-state index contributed by atoms with van der Waals surface area (Å²) < 4.78 is 7.20. The average molecular weight is 267 g/mol. The lowest BCUT2D eigenvalue weighted by Crippen LogP contribution is -2.51. The van der Waals surface area contributed by atoms with Gasteiger partial charge in [0.05, 0.1) is 12.9 Å². The number of ether oxygens (including phenoxy) is 1. The minimum absolute atomic E-state index is 0.182. The Kier molecular flexibility index (Phi) is 6.02. The Labute approximate surface area is 115 Å². The van der Waals surface area contributed by atoms with Crippen LogP contribution in [-0.2, 0) is 9.53 Å². The van der Waals surface area contributed by atoms with E-state index in [1.165, 1.54) is 0 Å². The lowest BCUT2D eigenvalue weighted by Gasteiger charge is -2.31. The predicted octanol–water partition coefficient (Wildman–Crippen LogP) is 2.16. The van der Waals surface area contributed by atoms with Crippen molar-refractivity contribution in [1.82, 2.24) is 14.9 Å². The molecule has 5 heteroatoms. The van der Waals surface area contributed by atoms with E-state index >= 15 is 0 Å². The molecule has 0 radical (unpaired) electrons. The Balaban J connectivity index is 2.75. The number of nitrogens with zero attached hydrogens (tertiary/aromatic N) is 2. The molecule has 1 N–H and O–H groups in total. The van der Waals surface area contributed by atoms with E-state index in [1.54, 1.807) is 12.5 Å². The zero-order valence-electron chi connectivity index (χ0n) is 12.3. The number of rotatable bonds is 8.